The van der Waals surface area contributed by atoms with Crippen LogP contribution in [0.15, 0.2) is 60.3 Å². The van der Waals surface area contributed by atoms with Gasteiger partial charge >= 0.3 is 0 Å². The highest BCUT2D eigenvalue weighted by Gasteiger charge is 2.32. The topological polar surface area (TPSA) is 75.4 Å². The van der Waals surface area contributed by atoms with Gasteiger partial charge in [0.05, 0.1) is 0 Å². The van der Waals surface area contributed by atoms with E-state index >= 15 is 0 Å². The molecule has 0 saturated heterocycles. The van der Waals surface area contributed by atoms with Gasteiger partial charge in [0.1, 0.15) is 11.9 Å². The summed E-state index contributed by atoms with van der Waals surface area (Å²) in [5, 5.41) is 2.79. The van der Waals surface area contributed by atoms with Gasteiger partial charge in [-0.1, -0.05) is 51.1 Å². The second-order valence-corrected chi connectivity index (χ2v) is 8.39. The number of carbonyl (C=O) groups is 2. The van der Waals surface area contributed by atoms with E-state index in [2.05, 4.69) is 5.32 Å². The zero-order valence-corrected chi connectivity index (χ0v) is 16.9. The molecule has 0 aromatic heterocycles. The zero-order valence-electron chi connectivity index (χ0n) is 16.9. The van der Waals surface area contributed by atoms with Gasteiger partial charge in [-0.15, -0.1) is 0 Å². The summed E-state index contributed by atoms with van der Waals surface area (Å²) in [5.74, 6) is -1.17. The summed E-state index contributed by atoms with van der Waals surface area (Å²) in [6.45, 7) is 6.06. The van der Waals surface area contributed by atoms with Crippen molar-refractivity contribution in [3.63, 3.8) is 0 Å². The molecule has 3 rings (SSSR count). The molecule has 1 atom stereocenters. The van der Waals surface area contributed by atoms with Crippen LogP contribution in [-0.2, 0) is 22.6 Å². The lowest BCUT2D eigenvalue weighted by Gasteiger charge is -2.32. The van der Waals surface area contributed by atoms with Crippen LogP contribution in [0.25, 0.3) is 0 Å². The van der Waals surface area contributed by atoms with E-state index in [-0.39, 0.29) is 11.7 Å². The molecule has 152 valence electrons. The highest BCUT2D eigenvalue weighted by Crippen LogP contribution is 2.30. The average molecular weight is 395 g/mol. The molecule has 0 saturated carbocycles. The zero-order chi connectivity index (χ0) is 21.2. The van der Waals surface area contributed by atoms with Crippen LogP contribution >= 0.6 is 0 Å². The number of rotatable bonds is 5. The Balaban J connectivity index is 1.88. The van der Waals surface area contributed by atoms with Crippen molar-refractivity contribution in [1.29, 1.82) is 0 Å². The van der Waals surface area contributed by atoms with Crippen LogP contribution in [0.5, 0.6) is 0 Å². The Bertz CT molecular complexity index is 945. The second kappa shape index (κ2) is 8.07. The average Bonchev–Trinajstić information content (AvgIpc) is 2.66. The van der Waals surface area contributed by atoms with Crippen molar-refractivity contribution in [3.05, 3.63) is 77.2 Å². The Morgan fingerprint density at radius 2 is 1.79 bits per heavy atom. The number of halogens is 1. The van der Waals surface area contributed by atoms with Crippen LogP contribution in [0.1, 0.15) is 31.9 Å². The lowest BCUT2D eigenvalue weighted by molar-refractivity contribution is -0.128. The van der Waals surface area contributed by atoms with Crippen LogP contribution in [0.2, 0.25) is 0 Å². The molecule has 0 spiro atoms. The molecule has 2 amide bonds. The maximum atomic E-state index is 13.2. The first kappa shape index (κ1) is 20.6. The van der Waals surface area contributed by atoms with E-state index in [1.807, 2.05) is 49.9 Å². The monoisotopic (exact) mass is 395 g/mol. The first-order chi connectivity index (χ1) is 13.6. The van der Waals surface area contributed by atoms with Crippen molar-refractivity contribution in [2.45, 2.75) is 39.8 Å². The van der Waals surface area contributed by atoms with Crippen molar-refractivity contribution in [2.75, 3.05) is 4.90 Å². The number of hydrogen-bond donors (Lipinski definition) is 2. The molecule has 1 heterocycles. The number of anilines is 1. The molecule has 2 aromatic carbocycles. The largest absolute Gasteiger partial charge is 0.368 e. The van der Waals surface area contributed by atoms with Crippen molar-refractivity contribution < 1.29 is 14.0 Å². The van der Waals surface area contributed by atoms with Crippen LogP contribution in [0.4, 0.5) is 10.1 Å². The number of carbonyl (C=O) groups excluding carboxylic acids is 2. The number of amides is 2. The van der Waals surface area contributed by atoms with Crippen LogP contribution in [0.3, 0.4) is 0 Å². The number of fused-ring (bicyclic) bond motifs is 1. The van der Waals surface area contributed by atoms with E-state index < -0.39 is 17.4 Å². The van der Waals surface area contributed by atoms with Gasteiger partial charge in [-0.2, -0.15) is 0 Å². The Labute approximate surface area is 170 Å². The van der Waals surface area contributed by atoms with Gasteiger partial charge in [0.15, 0.2) is 0 Å². The fourth-order valence-electron chi connectivity index (χ4n) is 3.44. The van der Waals surface area contributed by atoms with Gasteiger partial charge in [0.2, 0.25) is 11.8 Å². The van der Waals surface area contributed by atoms with E-state index in [1.54, 1.807) is 18.3 Å². The molecule has 5 nitrogen and oxygen atoms in total. The molecule has 29 heavy (non-hydrogen) atoms. The van der Waals surface area contributed by atoms with E-state index in [9.17, 15) is 14.0 Å². The maximum absolute atomic E-state index is 13.2. The SMILES string of the molecule is CC(C)(C)C(NC(=O)C1=CN(Cc2ccc(F)cc2)c2ccccc2C1)C(N)=O. The predicted octanol–water partition coefficient (Wildman–Crippen LogP) is 3.29. The van der Waals surface area contributed by atoms with Gasteiger partial charge in [-0.3, -0.25) is 9.59 Å². The quantitative estimate of drug-likeness (QED) is 0.816. The Morgan fingerprint density at radius 3 is 2.41 bits per heavy atom. The Morgan fingerprint density at radius 1 is 1.14 bits per heavy atom. The van der Waals surface area contributed by atoms with E-state index in [0.29, 0.717) is 18.5 Å². The fourth-order valence-corrected chi connectivity index (χ4v) is 3.44. The summed E-state index contributed by atoms with van der Waals surface area (Å²) < 4.78 is 13.2. The third kappa shape index (κ3) is 4.83. The highest BCUT2D eigenvalue weighted by molar-refractivity contribution is 5.98. The summed E-state index contributed by atoms with van der Waals surface area (Å²) in [7, 11) is 0. The van der Waals surface area contributed by atoms with Gasteiger partial charge in [0.25, 0.3) is 0 Å². The van der Waals surface area contributed by atoms with Crippen molar-refractivity contribution >= 4 is 17.5 Å². The van der Waals surface area contributed by atoms with Crippen LogP contribution < -0.4 is 16.0 Å². The smallest absolute Gasteiger partial charge is 0.249 e. The number of nitrogens with one attached hydrogen (secondary N) is 1. The summed E-state index contributed by atoms with van der Waals surface area (Å²) in [4.78, 5) is 26.8. The molecular weight excluding hydrogens is 369 g/mol. The van der Waals surface area contributed by atoms with Crippen LogP contribution in [-0.4, -0.2) is 17.9 Å². The van der Waals surface area contributed by atoms with Crippen molar-refractivity contribution in [3.8, 4) is 0 Å². The standard InChI is InChI=1S/C23H26FN3O2/c1-23(2,3)20(21(25)28)26-22(29)17-12-16-6-4-5-7-19(16)27(14-17)13-15-8-10-18(24)11-9-15/h4-11,14,20H,12-13H2,1-3H3,(H2,25,28)(H,26,29). The fraction of sp³-hybridized carbons (Fsp3) is 0.304. The first-order valence-electron chi connectivity index (χ1n) is 9.55. The maximum Gasteiger partial charge on any atom is 0.249 e. The van der Waals surface area contributed by atoms with Gasteiger partial charge in [0, 0.05) is 30.4 Å². The number of nitrogens with two attached hydrogens (primary N) is 1. The number of benzene rings is 2. The molecule has 0 fully saturated rings. The number of hydrogen-bond acceptors (Lipinski definition) is 3. The Kier molecular flexibility index (Phi) is 5.73. The molecule has 1 unspecified atom stereocenters. The molecule has 0 bridgehead atoms. The lowest BCUT2D eigenvalue weighted by atomic mass is 9.86. The molecule has 0 radical (unpaired) electrons. The van der Waals surface area contributed by atoms with Crippen molar-refractivity contribution in [2.24, 2.45) is 11.1 Å². The minimum atomic E-state index is -0.779. The normalized spacial score (nSPS) is 14.6. The minimum Gasteiger partial charge on any atom is -0.368 e. The van der Waals surface area contributed by atoms with Gasteiger partial charge < -0.3 is 16.0 Å². The number of nitrogens with zero attached hydrogens (tertiary/aromatic N) is 1. The molecule has 1 aliphatic rings. The second-order valence-electron chi connectivity index (χ2n) is 8.39. The molecule has 3 N–H and O–H groups in total. The third-order valence-electron chi connectivity index (χ3n) is 4.98. The summed E-state index contributed by atoms with van der Waals surface area (Å²) >= 11 is 0. The van der Waals surface area contributed by atoms with E-state index in [4.69, 9.17) is 5.73 Å². The third-order valence-corrected chi connectivity index (χ3v) is 4.98. The van der Waals surface area contributed by atoms with E-state index in [0.717, 1.165) is 16.8 Å². The number of para-hydroxylation sites is 1. The molecular formula is C23H26FN3O2. The van der Waals surface area contributed by atoms with E-state index in [1.165, 1.54) is 12.1 Å². The molecule has 6 heteroatoms. The summed E-state index contributed by atoms with van der Waals surface area (Å²) in [5.41, 5.74) is 8.47. The molecule has 2 aromatic rings. The lowest BCUT2D eigenvalue weighted by Crippen LogP contribution is -2.52. The summed E-state index contributed by atoms with van der Waals surface area (Å²) in [6, 6.07) is 13.3. The van der Waals surface area contributed by atoms with Gasteiger partial charge in [-0.25, -0.2) is 4.39 Å². The molecule has 0 aliphatic carbocycles. The predicted molar refractivity (Wildman–Crippen MR) is 111 cm³/mol. The number of primary amides is 1. The van der Waals surface area contributed by atoms with Crippen LogP contribution in [0, 0.1) is 11.2 Å². The van der Waals surface area contributed by atoms with Crippen molar-refractivity contribution in [1.82, 2.24) is 5.32 Å². The van der Waals surface area contributed by atoms with Gasteiger partial charge in [-0.05, 0) is 34.7 Å². The highest BCUT2D eigenvalue weighted by atomic mass is 19.1. The Hall–Kier alpha value is -3.15. The first-order valence-corrected chi connectivity index (χ1v) is 9.55. The minimum absolute atomic E-state index is 0.289. The molecule has 1 aliphatic heterocycles. The summed E-state index contributed by atoms with van der Waals surface area (Å²) in [6.07, 6.45) is 2.25.